The quantitative estimate of drug-likeness (QED) is 0.685. The lowest BCUT2D eigenvalue weighted by Gasteiger charge is -2.36. The van der Waals surface area contributed by atoms with E-state index in [1.807, 2.05) is 13.8 Å². The Bertz CT molecular complexity index is 309. The number of aliphatic carboxylic acids is 1. The van der Waals surface area contributed by atoms with Crippen LogP contribution in [0.25, 0.3) is 0 Å². The smallest absolute Gasteiger partial charge is 0.326 e. The third kappa shape index (κ3) is 3.45. The Hall–Kier alpha value is -1.10. The molecular formula is C13H24N2O3. The van der Waals surface area contributed by atoms with Crippen LogP contribution in [0.3, 0.4) is 0 Å². The van der Waals surface area contributed by atoms with Crippen molar-refractivity contribution >= 4 is 11.9 Å². The van der Waals surface area contributed by atoms with Crippen LogP contribution in [0.5, 0.6) is 0 Å². The molecule has 3 N–H and O–H groups in total. The molecule has 2 atom stereocenters. The van der Waals surface area contributed by atoms with Gasteiger partial charge in [0.05, 0.1) is 0 Å². The summed E-state index contributed by atoms with van der Waals surface area (Å²) in [4.78, 5) is 23.2. The van der Waals surface area contributed by atoms with Crippen molar-refractivity contribution in [2.75, 3.05) is 13.1 Å². The van der Waals surface area contributed by atoms with Gasteiger partial charge in [0.25, 0.3) is 0 Å². The van der Waals surface area contributed by atoms with Crippen molar-refractivity contribution in [1.82, 2.24) is 10.6 Å². The molecule has 1 rings (SSSR count). The van der Waals surface area contributed by atoms with E-state index >= 15 is 0 Å². The summed E-state index contributed by atoms with van der Waals surface area (Å²) >= 11 is 0. The number of carboxylic acid groups (broad SMARTS) is 1. The van der Waals surface area contributed by atoms with Crippen molar-refractivity contribution in [3.8, 4) is 0 Å². The molecule has 5 heteroatoms. The van der Waals surface area contributed by atoms with Crippen LogP contribution in [0.4, 0.5) is 0 Å². The highest BCUT2D eigenvalue weighted by Crippen LogP contribution is 2.32. The third-order valence-electron chi connectivity index (χ3n) is 3.91. The number of nitrogens with one attached hydrogen (secondary N) is 2. The molecule has 1 fully saturated rings. The van der Waals surface area contributed by atoms with Gasteiger partial charge in [-0.2, -0.15) is 0 Å². The van der Waals surface area contributed by atoms with E-state index in [4.69, 9.17) is 5.11 Å². The summed E-state index contributed by atoms with van der Waals surface area (Å²) in [7, 11) is 0. The van der Waals surface area contributed by atoms with E-state index < -0.39 is 17.4 Å². The van der Waals surface area contributed by atoms with Crippen molar-refractivity contribution in [2.24, 2.45) is 11.3 Å². The Morgan fingerprint density at radius 1 is 1.50 bits per heavy atom. The maximum absolute atomic E-state index is 12.2. The van der Waals surface area contributed by atoms with Gasteiger partial charge in [-0.25, -0.2) is 4.79 Å². The molecule has 0 radical (unpaired) electrons. The second-order valence-electron chi connectivity index (χ2n) is 5.54. The molecule has 0 aromatic rings. The minimum Gasteiger partial charge on any atom is -0.480 e. The molecule has 1 aliphatic heterocycles. The highest BCUT2D eigenvalue weighted by Gasteiger charge is 2.38. The zero-order valence-electron chi connectivity index (χ0n) is 11.5. The number of piperidine rings is 1. The molecule has 1 amide bonds. The maximum atomic E-state index is 12.2. The first-order valence-corrected chi connectivity index (χ1v) is 6.64. The van der Waals surface area contributed by atoms with Gasteiger partial charge < -0.3 is 15.7 Å². The summed E-state index contributed by atoms with van der Waals surface area (Å²) < 4.78 is 0. The lowest BCUT2D eigenvalue weighted by atomic mass is 9.74. The van der Waals surface area contributed by atoms with Crippen LogP contribution in [-0.4, -0.2) is 36.1 Å². The van der Waals surface area contributed by atoms with Gasteiger partial charge in [-0.3, -0.25) is 4.79 Å². The molecule has 1 heterocycles. The Morgan fingerprint density at radius 2 is 2.17 bits per heavy atom. The Balaban J connectivity index is 2.65. The minimum atomic E-state index is -0.969. The average Bonchev–Trinajstić information content (AvgIpc) is 2.36. The first-order valence-electron chi connectivity index (χ1n) is 6.64. The SMILES string of the molecule is CC[C@@H](NC(=O)C(C)(C)C1CCCNC1)C(=O)O. The van der Waals surface area contributed by atoms with Crippen molar-refractivity contribution in [3.63, 3.8) is 0 Å². The molecule has 1 unspecified atom stereocenters. The molecule has 5 nitrogen and oxygen atoms in total. The normalized spacial score (nSPS) is 22.3. The Kier molecular flexibility index (Phi) is 5.14. The molecule has 0 spiro atoms. The summed E-state index contributed by atoms with van der Waals surface area (Å²) in [6.07, 6.45) is 2.48. The van der Waals surface area contributed by atoms with Crippen LogP contribution >= 0.6 is 0 Å². The van der Waals surface area contributed by atoms with Gasteiger partial charge in [-0.15, -0.1) is 0 Å². The summed E-state index contributed by atoms with van der Waals surface area (Å²) in [5, 5.41) is 14.9. The predicted molar refractivity (Wildman–Crippen MR) is 69.2 cm³/mol. The number of amides is 1. The molecule has 1 saturated heterocycles. The van der Waals surface area contributed by atoms with Gasteiger partial charge in [0, 0.05) is 5.41 Å². The summed E-state index contributed by atoms with van der Waals surface area (Å²) in [5.41, 5.74) is -0.531. The number of carbonyl (C=O) groups is 2. The van der Waals surface area contributed by atoms with Gasteiger partial charge in [0.1, 0.15) is 6.04 Å². The van der Waals surface area contributed by atoms with Crippen molar-refractivity contribution in [1.29, 1.82) is 0 Å². The van der Waals surface area contributed by atoms with E-state index in [1.54, 1.807) is 6.92 Å². The zero-order valence-corrected chi connectivity index (χ0v) is 11.5. The van der Waals surface area contributed by atoms with Crippen LogP contribution in [0.15, 0.2) is 0 Å². The average molecular weight is 256 g/mol. The molecule has 0 aromatic heterocycles. The summed E-state index contributed by atoms with van der Waals surface area (Å²) in [5.74, 6) is -0.869. The first kappa shape index (κ1) is 15.0. The number of carbonyl (C=O) groups excluding carboxylic acids is 1. The molecule has 0 aromatic carbocycles. The largest absolute Gasteiger partial charge is 0.480 e. The van der Waals surface area contributed by atoms with E-state index in [2.05, 4.69) is 10.6 Å². The van der Waals surface area contributed by atoms with Gasteiger partial charge in [0.2, 0.25) is 5.91 Å². The number of hydrogen-bond acceptors (Lipinski definition) is 3. The second kappa shape index (κ2) is 6.18. The van der Waals surface area contributed by atoms with Crippen LogP contribution in [0.2, 0.25) is 0 Å². The molecule has 0 aliphatic carbocycles. The van der Waals surface area contributed by atoms with Crippen molar-refractivity contribution in [3.05, 3.63) is 0 Å². The van der Waals surface area contributed by atoms with Crippen LogP contribution in [0, 0.1) is 11.3 Å². The first-order chi connectivity index (χ1) is 8.39. The van der Waals surface area contributed by atoms with E-state index in [9.17, 15) is 9.59 Å². The van der Waals surface area contributed by atoms with E-state index in [1.165, 1.54) is 0 Å². The van der Waals surface area contributed by atoms with Gasteiger partial charge in [-0.1, -0.05) is 20.8 Å². The number of rotatable bonds is 5. The van der Waals surface area contributed by atoms with Crippen LogP contribution in [0.1, 0.15) is 40.0 Å². The van der Waals surface area contributed by atoms with E-state index in [0.717, 1.165) is 25.9 Å². The van der Waals surface area contributed by atoms with Gasteiger partial charge in [-0.05, 0) is 38.3 Å². The Labute approximate surface area is 108 Å². The zero-order chi connectivity index (χ0) is 13.8. The van der Waals surface area contributed by atoms with Gasteiger partial charge in [0.15, 0.2) is 0 Å². The predicted octanol–water partition coefficient (Wildman–Crippen LogP) is 0.992. The highest BCUT2D eigenvalue weighted by atomic mass is 16.4. The van der Waals surface area contributed by atoms with Crippen LogP contribution in [-0.2, 0) is 9.59 Å². The minimum absolute atomic E-state index is 0.162. The monoisotopic (exact) mass is 256 g/mol. The fourth-order valence-electron chi connectivity index (χ4n) is 2.34. The lowest BCUT2D eigenvalue weighted by molar-refractivity contribution is -0.144. The summed E-state index contributed by atoms with van der Waals surface area (Å²) in [6, 6.07) is -0.784. The molecule has 104 valence electrons. The third-order valence-corrected chi connectivity index (χ3v) is 3.91. The van der Waals surface area contributed by atoms with Crippen molar-refractivity contribution < 1.29 is 14.7 Å². The highest BCUT2D eigenvalue weighted by molar-refractivity contribution is 5.87. The topological polar surface area (TPSA) is 78.4 Å². The van der Waals surface area contributed by atoms with Crippen molar-refractivity contribution in [2.45, 2.75) is 46.1 Å². The molecule has 18 heavy (non-hydrogen) atoms. The lowest BCUT2D eigenvalue weighted by Crippen LogP contribution is -2.51. The molecule has 0 saturated carbocycles. The van der Waals surface area contributed by atoms with E-state index in [0.29, 0.717) is 6.42 Å². The number of hydrogen-bond donors (Lipinski definition) is 3. The Morgan fingerprint density at radius 3 is 2.61 bits per heavy atom. The molecule has 1 aliphatic rings. The fourth-order valence-corrected chi connectivity index (χ4v) is 2.34. The van der Waals surface area contributed by atoms with Gasteiger partial charge >= 0.3 is 5.97 Å². The fraction of sp³-hybridized carbons (Fsp3) is 0.846. The van der Waals surface area contributed by atoms with E-state index in [-0.39, 0.29) is 11.8 Å². The maximum Gasteiger partial charge on any atom is 0.326 e. The molecule has 0 bridgehead atoms. The standard InChI is InChI=1S/C13H24N2O3/c1-4-10(11(16)17)15-12(18)13(2,3)9-6-5-7-14-8-9/h9-10,14H,4-8H2,1-3H3,(H,15,18)(H,16,17)/t9?,10-/m1/s1. The molecular weight excluding hydrogens is 232 g/mol. The number of carboxylic acids is 1. The second-order valence-corrected chi connectivity index (χ2v) is 5.54. The summed E-state index contributed by atoms with van der Waals surface area (Å²) in [6.45, 7) is 7.38. The van der Waals surface area contributed by atoms with Crippen LogP contribution < -0.4 is 10.6 Å².